The van der Waals surface area contributed by atoms with E-state index in [2.05, 4.69) is 5.32 Å². The van der Waals surface area contributed by atoms with Gasteiger partial charge in [0.25, 0.3) is 5.56 Å². The van der Waals surface area contributed by atoms with Gasteiger partial charge in [-0.05, 0) is 48.7 Å². The van der Waals surface area contributed by atoms with Gasteiger partial charge in [0.15, 0.2) is 0 Å². The molecular weight excluding hydrogens is 466 g/mol. The Morgan fingerprint density at radius 1 is 0.971 bits per heavy atom. The molecule has 0 aliphatic carbocycles. The first-order valence-electron chi connectivity index (χ1n) is 11.2. The highest BCUT2D eigenvalue weighted by atomic mass is 35.5. The number of nitrogens with one attached hydrogen (secondary N) is 1. The van der Waals surface area contributed by atoms with Gasteiger partial charge in [0, 0.05) is 22.6 Å². The molecule has 0 fully saturated rings. The Balaban J connectivity index is 1.60. The lowest BCUT2D eigenvalue weighted by molar-refractivity contribution is -0.116. The molecule has 5 aromatic rings. The molecule has 1 N–H and O–H groups in total. The van der Waals surface area contributed by atoms with Crippen molar-refractivity contribution in [1.29, 1.82) is 0 Å². The molecule has 8 heteroatoms. The minimum absolute atomic E-state index is 0.0468. The summed E-state index contributed by atoms with van der Waals surface area (Å²) in [6.07, 6.45) is 0.482. The Kier molecular flexibility index (Phi) is 6.01. The molecule has 0 unspecified atom stereocenters. The second-order valence-corrected chi connectivity index (χ2v) is 8.78. The summed E-state index contributed by atoms with van der Waals surface area (Å²) in [5.74, 6) is -0.419. The number of benzene rings is 3. The monoisotopic (exact) mass is 487 g/mol. The van der Waals surface area contributed by atoms with Crippen LogP contribution in [0.1, 0.15) is 11.1 Å². The first-order chi connectivity index (χ1) is 16.9. The van der Waals surface area contributed by atoms with Crippen LogP contribution >= 0.6 is 11.6 Å². The van der Waals surface area contributed by atoms with Crippen molar-refractivity contribution in [2.24, 2.45) is 0 Å². The predicted octanol–water partition coefficient (Wildman–Crippen LogP) is 4.75. The number of carbonyl (C=O) groups excluding carboxylic acids is 1. The molecule has 0 aliphatic rings. The third-order valence-corrected chi connectivity index (χ3v) is 6.22. The van der Waals surface area contributed by atoms with Crippen LogP contribution in [0.5, 0.6) is 0 Å². The number of hydrogen-bond donors (Lipinski definition) is 1. The molecular formula is C27H22ClN3O4. The van der Waals surface area contributed by atoms with Gasteiger partial charge in [-0.2, -0.15) is 0 Å². The maximum Gasteiger partial charge on any atom is 0.332 e. The number of hydrogen-bond acceptors (Lipinski definition) is 4. The molecule has 1 amide bonds. The van der Waals surface area contributed by atoms with Gasteiger partial charge in [0.1, 0.15) is 17.6 Å². The highest BCUT2D eigenvalue weighted by molar-refractivity contribution is 6.31. The van der Waals surface area contributed by atoms with Crippen LogP contribution in [0.15, 0.2) is 86.8 Å². The summed E-state index contributed by atoms with van der Waals surface area (Å²) < 4.78 is 8.31. The Morgan fingerprint density at radius 2 is 1.71 bits per heavy atom. The van der Waals surface area contributed by atoms with Crippen molar-refractivity contribution in [3.63, 3.8) is 0 Å². The van der Waals surface area contributed by atoms with Crippen LogP contribution in [0.25, 0.3) is 22.1 Å². The number of aryl methyl sites for hydroxylation is 2. The van der Waals surface area contributed by atoms with Crippen molar-refractivity contribution in [3.05, 3.63) is 110 Å². The fraction of sp³-hybridized carbons (Fsp3) is 0.148. The van der Waals surface area contributed by atoms with E-state index < -0.39 is 17.2 Å². The zero-order valence-corrected chi connectivity index (χ0v) is 19.7. The highest BCUT2D eigenvalue weighted by Gasteiger charge is 2.21. The molecule has 0 saturated heterocycles. The number of anilines is 1. The number of amides is 1. The lowest BCUT2D eigenvalue weighted by Gasteiger charge is -2.13. The van der Waals surface area contributed by atoms with E-state index in [1.54, 1.807) is 42.5 Å². The van der Waals surface area contributed by atoms with Gasteiger partial charge in [0.2, 0.25) is 11.5 Å². The first kappa shape index (κ1) is 22.7. The van der Waals surface area contributed by atoms with Crippen LogP contribution in [0.3, 0.4) is 0 Å². The molecule has 0 spiro atoms. The van der Waals surface area contributed by atoms with Crippen molar-refractivity contribution < 1.29 is 9.21 Å². The molecule has 0 aliphatic heterocycles. The Bertz CT molecular complexity index is 1680. The maximum atomic E-state index is 13.6. The quantitative estimate of drug-likeness (QED) is 0.374. The van der Waals surface area contributed by atoms with E-state index in [-0.39, 0.29) is 18.7 Å². The summed E-state index contributed by atoms with van der Waals surface area (Å²) in [6.45, 7) is 1.71. The maximum absolute atomic E-state index is 13.6. The second kappa shape index (κ2) is 9.27. The summed E-state index contributed by atoms with van der Waals surface area (Å²) in [5.41, 5.74) is 2.13. The SMILES string of the molecule is Cc1ccc(Cl)cc1NC(=O)Cn1c(=O)n(CCc2ccccc2)c(=O)c2oc3ccccc3c21. The molecule has 176 valence electrons. The summed E-state index contributed by atoms with van der Waals surface area (Å²) in [5, 5.41) is 3.91. The minimum atomic E-state index is -0.567. The highest BCUT2D eigenvalue weighted by Crippen LogP contribution is 2.26. The van der Waals surface area contributed by atoms with Gasteiger partial charge in [-0.25, -0.2) is 4.79 Å². The van der Waals surface area contributed by atoms with E-state index in [1.807, 2.05) is 37.3 Å². The van der Waals surface area contributed by atoms with Gasteiger partial charge >= 0.3 is 5.69 Å². The van der Waals surface area contributed by atoms with Gasteiger partial charge in [-0.1, -0.05) is 60.1 Å². The molecule has 5 rings (SSSR count). The number of nitrogens with zero attached hydrogens (tertiary/aromatic N) is 2. The molecule has 35 heavy (non-hydrogen) atoms. The van der Waals surface area contributed by atoms with Gasteiger partial charge in [-0.3, -0.25) is 18.7 Å². The van der Waals surface area contributed by atoms with Crippen molar-refractivity contribution in [2.45, 2.75) is 26.4 Å². The number of furan rings is 1. The Morgan fingerprint density at radius 3 is 2.51 bits per heavy atom. The molecule has 0 bridgehead atoms. The van der Waals surface area contributed by atoms with E-state index in [4.69, 9.17) is 16.0 Å². The van der Waals surface area contributed by atoms with Crippen LogP contribution in [-0.4, -0.2) is 15.0 Å². The van der Waals surface area contributed by atoms with Crippen molar-refractivity contribution in [1.82, 2.24) is 9.13 Å². The fourth-order valence-corrected chi connectivity index (χ4v) is 4.36. The van der Waals surface area contributed by atoms with Crippen LogP contribution in [0.4, 0.5) is 5.69 Å². The molecule has 2 aromatic heterocycles. The van der Waals surface area contributed by atoms with Crippen molar-refractivity contribution in [2.75, 3.05) is 5.32 Å². The third kappa shape index (κ3) is 4.38. The van der Waals surface area contributed by atoms with Crippen LogP contribution in [0, 0.1) is 6.92 Å². The number of halogens is 1. The number of para-hydroxylation sites is 1. The average molecular weight is 488 g/mol. The minimum Gasteiger partial charge on any atom is -0.449 e. The second-order valence-electron chi connectivity index (χ2n) is 8.34. The fourth-order valence-electron chi connectivity index (χ4n) is 4.19. The summed E-state index contributed by atoms with van der Waals surface area (Å²) in [6, 6.07) is 21.9. The van der Waals surface area contributed by atoms with E-state index >= 15 is 0 Å². The molecule has 3 aromatic carbocycles. The van der Waals surface area contributed by atoms with E-state index in [0.717, 1.165) is 15.7 Å². The molecule has 0 atom stereocenters. The summed E-state index contributed by atoms with van der Waals surface area (Å²) in [4.78, 5) is 39.9. The zero-order valence-electron chi connectivity index (χ0n) is 19.0. The number of carbonyl (C=O) groups is 1. The van der Waals surface area contributed by atoms with E-state index in [0.29, 0.717) is 33.6 Å². The molecule has 0 saturated carbocycles. The largest absolute Gasteiger partial charge is 0.449 e. The summed E-state index contributed by atoms with van der Waals surface area (Å²) >= 11 is 6.08. The van der Waals surface area contributed by atoms with Crippen molar-refractivity contribution in [3.8, 4) is 0 Å². The molecule has 0 radical (unpaired) electrons. The van der Waals surface area contributed by atoms with Gasteiger partial charge in [0.05, 0.1) is 0 Å². The number of fused-ring (bicyclic) bond motifs is 3. The smallest absolute Gasteiger partial charge is 0.332 e. The first-order valence-corrected chi connectivity index (χ1v) is 11.5. The van der Waals surface area contributed by atoms with Crippen LogP contribution in [-0.2, 0) is 24.3 Å². The van der Waals surface area contributed by atoms with Crippen LogP contribution < -0.4 is 16.6 Å². The molecule has 7 nitrogen and oxygen atoms in total. The van der Waals surface area contributed by atoms with E-state index in [1.165, 1.54) is 4.57 Å². The van der Waals surface area contributed by atoms with E-state index in [9.17, 15) is 14.4 Å². The third-order valence-electron chi connectivity index (χ3n) is 5.98. The molecule has 2 heterocycles. The van der Waals surface area contributed by atoms with Crippen molar-refractivity contribution >= 4 is 45.3 Å². The van der Waals surface area contributed by atoms with Gasteiger partial charge in [-0.15, -0.1) is 0 Å². The lowest BCUT2D eigenvalue weighted by atomic mass is 10.1. The Hall–Kier alpha value is -4.10. The predicted molar refractivity (Wildman–Crippen MR) is 137 cm³/mol. The standard InChI is InChI=1S/C27H22ClN3O4/c1-17-11-12-19(28)15-21(17)29-23(32)16-31-24-20-9-5-6-10-22(20)35-25(24)26(33)30(27(31)34)14-13-18-7-3-2-4-8-18/h2-12,15H,13-14,16H2,1H3,(H,29,32). The van der Waals surface area contributed by atoms with Gasteiger partial charge < -0.3 is 9.73 Å². The Labute approximate surface area is 205 Å². The normalized spacial score (nSPS) is 11.3. The topological polar surface area (TPSA) is 86.2 Å². The summed E-state index contributed by atoms with van der Waals surface area (Å²) in [7, 11) is 0. The van der Waals surface area contributed by atoms with Crippen LogP contribution in [0.2, 0.25) is 5.02 Å². The number of rotatable bonds is 6. The number of aromatic nitrogens is 2. The lowest BCUT2D eigenvalue weighted by Crippen LogP contribution is -2.41. The average Bonchev–Trinajstić information content (AvgIpc) is 3.24. The zero-order chi connectivity index (χ0) is 24.5.